The fourth-order valence-corrected chi connectivity index (χ4v) is 15.3. The molecule has 0 saturated heterocycles. The van der Waals surface area contributed by atoms with Gasteiger partial charge in [0.1, 0.15) is 6.11 Å². The van der Waals surface area contributed by atoms with Crippen molar-refractivity contribution in [1.82, 2.24) is 0 Å². The first-order valence-electron chi connectivity index (χ1n) is 6.45. The fraction of sp³-hybridized carbons (Fsp3) is 0.833. The van der Waals surface area contributed by atoms with Gasteiger partial charge in [0.2, 0.25) is 0 Å². The minimum Gasteiger partial charge on any atom is -0.447 e. The third-order valence-corrected chi connectivity index (χ3v) is 12.3. The maximum atomic E-state index is 6.36. The molecule has 6 heteroatoms. The highest BCUT2D eigenvalue weighted by molar-refractivity contribution is 6.87. The Morgan fingerprint density at radius 2 is 1.50 bits per heavy atom. The van der Waals surface area contributed by atoms with Gasteiger partial charge in [0.05, 0.1) is 6.61 Å². The van der Waals surface area contributed by atoms with Gasteiger partial charge in [-0.1, -0.05) is 6.42 Å². The summed E-state index contributed by atoms with van der Waals surface area (Å²) in [6.45, 7) is 16.0. The van der Waals surface area contributed by atoms with E-state index in [9.17, 15) is 0 Å². The molecular weight excluding hydrogens is 276 g/mol. The van der Waals surface area contributed by atoms with E-state index in [-0.39, 0.29) is 0 Å². The maximum absolute atomic E-state index is 6.36. The van der Waals surface area contributed by atoms with Gasteiger partial charge in [-0.15, -0.1) is 0 Å². The lowest BCUT2D eigenvalue weighted by molar-refractivity contribution is 0.275. The second kappa shape index (κ2) is 6.91. The van der Waals surface area contributed by atoms with Gasteiger partial charge in [-0.05, 0) is 58.3 Å². The van der Waals surface area contributed by atoms with E-state index in [4.69, 9.17) is 19.4 Å². The van der Waals surface area contributed by atoms with Crippen molar-refractivity contribution in [2.45, 2.75) is 58.3 Å². The van der Waals surface area contributed by atoms with E-state index in [1.54, 1.807) is 0 Å². The molecule has 0 amide bonds. The Morgan fingerprint density at radius 1 is 0.944 bits per heavy atom. The van der Waals surface area contributed by atoms with Crippen LogP contribution in [0.3, 0.4) is 0 Å². The molecule has 0 aliphatic rings. The number of hydrogen-bond donors (Lipinski definition) is 0. The first-order chi connectivity index (χ1) is 7.97. The molecule has 0 saturated carbocycles. The lowest BCUT2D eigenvalue weighted by atomic mass is 10.5. The van der Waals surface area contributed by atoms with Crippen molar-refractivity contribution in [1.29, 1.82) is 0 Å². The molecule has 0 aliphatic carbocycles. The zero-order chi connectivity index (χ0) is 14.4. The van der Waals surface area contributed by atoms with Gasteiger partial charge in [-0.2, -0.15) is 0 Å². The summed E-state index contributed by atoms with van der Waals surface area (Å²) < 4.78 is 17.5. The van der Waals surface area contributed by atoms with E-state index in [0.29, 0.717) is 6.61 Å². The molecule has 0 aromatic carbocycles. The Morgan fingerprint density at radius 3 is 1.94 bits per heavy atom. The first-order valence-corrected chi connectivity index (χ1v) is 15.8. The zero-order valence-corrected chi connectivity index (χ0v) is 15.9. The van der Waals surface area contributed by atoms with Crippen LogP contribution in [0.1, 0.15) is 6.42 Å². The van der Waals surface area contributed by atoms with Gasteiger partial charge >= 0.3 is 8.56 Å². The smallest absolute Gasteiger partial charge is 0.311 e. The Kier molecular flexibility index (Phi) is 6.89. The zero-order valence-electron chi connectivity index (χ0n) is 12.9. The summed E-state index contributed by atoms with van der Waals surface area (Å²) in [6, 6.07) is 1.06. The van der Waals surface area contributed by atoms with E-state index in [1.807, 2.05) is 0 Å². The van der Waals surface area contributed by atoms with E-state index in [2.05, 4.69) is 51.9 Å². The Bertz CT molecular complexity index is 290. The number of rotatable bonds is 8. The standard InChI is InChI=1S/C12H28O3Si3/c1-9-13-11-10-12-17(5,6)15-18(7,8)14-16(2,3)4/h1H,10-12H2,2-8H3. The van der Waals surface area contributed by atoms with Crippen molar-refractivity contribution in [2.75, 3.05) is 6.61 Å². The van der Waals surface area contributed by atoms with Crippen molar-refractivity contribution < 1.29 is 13.0 Å². The van der Waals surface area contributed by atoms with Crippen LogP contribution in [0.15, 0.2) is 0 Å². The second-order valence-electron chi connectivity index (χ2n) is 6.55. The van der Waals surface area contributed by atoms with Gasteiger partial charge in [-0.25, -0.2) is 0 Å². The van der Waals surface area contributed by atoms with Crippen molar-refractivity contribution in [2.24, 2.45) is 0 Å². The molecule has 0 heterocycles. The van der Waals surface area contributed by atoms with Crippen LogP contribution in [0.2, 0.25) is 51.9 Å². The minimum absolute atomic E-state index is 0.618. The summed E-state index contributed by atoms with van der Waals surface area (Å²) in [4.78, 5) is 0. The van der Waals surface area contributed by atoms with Gasteiger partial charge in [-0.3, -0.25) is 0 Å². The summed E-state index contributed by atoms with van der Waals surface area (Å²) in [5.74, 6) is 0. The Hall–Kier alpha value is -0.0694. The van der Waals surface area contributed by atoms with Crippen LogP contribution in [-0.4, -0.2) is 31.8 Å². The maximum Gasteiger partial charge on any atom is 0.311 e. The molecule has 0 radical (unpaired) electrons. The van der Waals surface area contributed by atoms with E-state index in [1.165, 1.54) is 0 Å². The molecule has 0 N–H and O–H groups in total. The molecule has 0 aromatic rings. The lowest BCUT2D eigenvalue weighted by Crippen LogP contribution is -2.51. The van der Waals surface area contributed by atoms with Crippen molar-refractivity contribution in [3.63, 3.8) is 0 Å². The predicted molar refractivity (Wildman–Crippen MR) is 84.7 cm³/mol. The second-order valence-corrected chi connectivity index (χ2v) is 19.2. The first kappa shape index (κ1) is 17.9. The highest BCUT2D eigenvalue weighted by Gasteiger charge is 2.37. The van der Waals surface area contributed by atoms with E-state index >= 15 is 0 Å². The normalized spacial score (nSPS) is 13.2. The van der Waals surface area contributed by atoms with Gasteiger partial charge in [0.15, 0.2) is 16.6 Å². The van der Waals surface area contributed by atoms with Crippen molar-refractivity contribution >= 4 is 25.2 Å². The molecule has 0 atom stereocenters. The number of ether oxygens (including phenoxy) is 1. The average Bonchev–Trinajstić information content (AvgIpc) is 2.06. The van der Waals surface area contributed by atoms with Gasteiger partial charge < -0.3 is 13.0 Å². The highest BCUT2D eigenvalue weighted by atomic mass is 28.5. The van der Waals surface area contributed by atoms with Crippen LogP contribution in [0, 0.1) is 12.5 Å². The number of terminal acetylenes is 1. The molecule has 0 aliphatic heterocycles. The van der Waals surface area contributed by atoms with E-state index < -0.39 is 25.2 Å². The molecule has 0 spiro atoms. The van der Waals surface area contributed by atoms with Crippen LogP contribution in [-0.2, 0) is 13.0 Å². The van der Waals surface area contributed by atoms with E-state index in [0.717, 1.165) is 12.5 Å². The third kappa shape index (κ3) is 9.91. The third-order valence-electron chi connectivity index (χ3n) is 2.18. The Balaban J connectivity index is 4.25. The quantitative estimate of drug-likeness (QED) is 0.388. The van der Waals surface area contributed by atoms with Crippen molar-refractivity contribution in [3.05, 3.63) is 0 Å². The summed E-state index contributed by atoms with van der Waals surface area (Å²) in [5.41, 5.74) is 0. The van der Waals surface area contributed by atoms with Crippen LogP contribution in [0.25, 0.3) is 0 Å². The molecule has 0 fully saturated rings. The number of hydrogen-bond acceptors (Lipinski definition) is 3. The molecule has 0 bridgehead atoms. The molecule has 3 nitrogen and oxygen atoms in total. The summed E-state index contributed by atoms with van der Waals surface area (Å²) in [7, 11) is -5.21. The monoisotopic (exact) mass is 304 g/mol. The molecular formula is C12H28O3Si3. The minimum atomic E-state index is -2.00. The molecule has 18 heavy (non-hydrogen) atoms. The van der Waals surface area contributed by atoms with Gasteiger partial charge in [0, 0.05) is 0 Å². The van der Waals surface area contributed by atoms with Crippen LogP contribution in [0.4, 0.5) is 0 Å². The largest absolute Gasteiger partial charge is 0.447 e. The summed E-state index contributed by atoms with van der Waals surface area (Å²) in [6.07, 6.45) is 8.21. The molecule has 0 rings (SSSR count). The highest BCUT2D eigenvalue weighted by Crippen LogP contribution is 2.23. The summed E-state index contributed by atoms with van der Waals surface area (Å²) >= 11 is 0. The lowest BCUT2D eigenvalue weighted by Gasteiger charge is -2.37. The van der Waals surface area contributed by atoms with Crippen LogP contribution >= 0.6 is 0 Å². The Labute approximate surface area is 116 Å². The molecule has 106 valence electrons. The van der Waals surface area contributed by atoms with Crippen molar-refractivity contribution in [3.8, 4) is 12.5 Å². The predicted octanol–water partition coefficient (Wildman–Crippen LogP) is 3.76. The topological polar surface area (TPSA) is 27.7 Å². The fourth-order valence-electron chi connectivity index (χ4n) is 2.10. The molecule has 0 aromatic heterocycles. The van der Waals surface area contributed by atoms with Gasteiger partial charge in [0.25, 0.3) is 0 Å². The summed E-state index contributed by atoms with van der Waals surface area (Å²) in [5, 5.41) is 0. The van der Waals surface area contributed by atoms with Crippen LogP contribution < -0.4 is 0 Å². The van der Waals surface area contributed by atoms with Crippen LogP contribution in [0.5, 0.6) is 0 Å². The SMILES string of the molecule is C#COCCC[Si](C)(C)O[Si](C)(C)O[Si](C)(C)C. The average molecular weight is 305 g/mol. The molecule has 0 unspecified atom stereocenters.